The second-order valence-corrected chi connectivity index (χ2v) is 8.93. The molecule has 3 aromatic rings. The maximum Gasteiger partial charge on any atom is 0.170 e. The molecule has 1 fully saturated rings. The van der Waals surface area contributed by atoms with Gasteiger partial charge in [-0.2, -0.15) is 0 Å². The predicted octanol–water partition coefficient (Wildman–Crippen LogP) is 4.05. The van der Waals surface area contributed by atoms with Gasteiger partial charge in [0.15, 0.2) is 6.29 Å². The Kier molecular flexibility index (Phi) is 10.1. The number of aromatic nitrogens is 3. The van der Waals surface area contributed by atoms with Gasteiger partial charge in [0.2, 0.25) is 0 Å². The number of morpholine rings is 1. The summed E-state index contributed by atoms with van der Waals surface area (Å²) in [5.41, 5.74) is 6.39. The molecular weight excluding hydrogens is 468 g/mol. The van der Waals surface area contributed by atoms with Gasteiger partial charge in [-0.3, -0.25) is 9.78 Å². The van der Waals surface area contributed by atoms with Gasteiger partial charge in [-0.25, -0.2) is 9.97 Å². The highest BCUT2D eigenvalue weighted by Crippen LogP contribution is 2.31. The molecule has 9 nitrogen and oxygen atoms in total. The highest BCUT2D eigenvalue weighted by atomic mass is 16.5. The van der Waals surface area contributed by atoms with Crippen LogP contribution in [0.15, 0.2) is 49.3 Å². The van der Waals surface area contributed by atoms with Crippen molar-refractivity contribution in [3.8, 4) is 11.1 Å². The number of aliphatic hydroxyl groups excluding tert-OH is 1. The summed E-state index contributed by atoms with van der Waals surface area (Å²) in [6.45, 7) is 12.7. The minimum atomic E-state index is -0.0555. The van der Waals surface area contributed by atoms with Crippen LogP contribution in [0.2, 0.25) is 0 Å². The van der Waals surface area contributed by atoms with Crippen LogP contribution in [0.5, 0.6) is 0 Å². The van der Waals surface area contributed by atoms with Crippen LogP contribution in [0.1, 0.15) is 35.6 Å². The van der Waals surface area contributed by atoms with Gasteiger partial charge in [0.05, 0.1) is 37.9 Å². The molecule has 196 valence electrons. The average molecular weight is 505 g/mol. The average Bonchev–Trinajstić information content (AvgIpc) is 2.94. The maximum absolute atomic E-state index is 10.2. The van der Waals surface area contributed by atoms with Gasteiger partial charge in [-0.1, -0.05) is 12.6 Å². The molecule has 1 unspecified atom stereocenters. The van der Waals surface area contributed by atoms with Crippen LogP contribution in [0.4, 0.5) is 17.3 Å². The van der Waals surface area contributed by atoms with Gasteiger partial charge in [0.25, 0.3) is 0 Å². The molecule has 1 aromatic carbocycles. The van der Waals surface area contributed by atoms with Crippen molar-refractivity contribution in [3.63, 3.8) is 0 Å². The van der Waals surface area contributed by atoms with Crippen molar-refractivity contribution < 1.29 is 14.6 Å². The topological polar surface area (TPSA) is 112 Å². The summed E-state index contributed by atoms with van der Waals surface area (Å²) in [5.74, 6) is 1.72. The molecule has 2 aromatic heterocycles. The van der Waals surface area contributed by atoms with Crippen LogP contribution >= 0.6 is 0 Å². The number of nitrogens with one attached hydrogen (secondary N) is 2. The monoisotopic (exact) mass is 504 g/mol. The second kappa shape index (κ2) is 13.5. The number of carbonyl (C=O) groups excluding carboxylic acids is 1. The first kappa shape index (κ1) is 27.8. The molecular formula is C28H36N6O3. The molecule has 37 heavy (non-hydrogen) atoms. The lowest BCUT2D eigenvalue weighted by atomic mass is 10.00. The number of nitrogens with zero attached hydrogens (tertiary/aromatic N) is 4. The van der Waals surface area contributed by atoms with E-state index in [0.29, 0.717) is 17.7 Å². The van der Waals surface area contributed by atoms with Crippen molar-refractivity contribution in [1.82, 2.24) is 15.0 Å². The van der Waals surface area contributed by atoms with E-state index in [1.807, 2.05) is 20.9 Å². The zero-order chi connectivity index (χ0) is 26.8. The number of aldehydes is 1. The maximum atomic E-state index is 10.2. The number of benzene rings is 1. The number of ether oxygens (including phenoxy) is 1. The Morgan fingerprint density at radius 1 is 1.22 bits per heavy atom. The Balaban J connectivity index is 0.000000289. The summed E-state index contributed by atoms with van der Waals surface area (Å²) < 4.78 is 5.47. The molecule has 0 radical (unpaired) electrons. The molecule has 0 amide bonds. The number of pyridine rings is 1. The number of carbonyl (C=O) groups is 1. The first-order valence-corrected chi connectivity index (χ1v) is 12.3. The summed E-state index contributed by atoms with van der Waals surface area (Å²) in [7, 11) is 1.93. The number of anilines is 3. The Morgan fingerprint density at radius 3 is 2.62 bits per heavy atom. The van der Waals surface area contributed by atoms with Crippen molar-refractivity contribution in [3.05, 3.63) is 66.3 Å². The molecule has 3 N–H and O–H groups in total. The van der Waals surface area contributed by atoms with Crippen LogP contribution in [0.25, 0.3) is 16.7 Å². The lowest BCUT2D eigenvalue weighted by molar-refractivity contribution is 0.111. The number of hydrogen-bond acceptors (Lipinski definition) is 9. The molecule has 1 saturated heterocycles. The largest absolute Gasteiger partial charge is 0.394 e. The van der Waals surface area contributed by atoms with E-state index >= 15 is 0 Å². The molecule has 0 bridgehead atoms. The van der Waals surface area contributed by atoms with Crippen molar-refractivity contribution in [1.29, 1.82) is 0 Å². The molecule has 0 saturated carbocycles. The first-order valence-electron chi connectivity index (χ1n) is 12.3. The van der Waals surface area contributed by atoms with Crippen molar-refractivity contribution in [2.45, 2.75) is 26.8 Å². The highest BCUT2D eigenvalue weighted by molar-refractivity contribution is 5.76. The number of allylic oxidation sites excluding steroid dienone is 1. The smallest absolute Gasteiger partial charge is 0.170 e. The van der Waals surface area contributed by atoms with E-state index in [2.05, 4.69) is 69.3 Å². The SMILES string of the molecule is C=C(C)c1cncc(C=O)n1.CNc1ccc(C)c(-c2cc(NC(C)CO)nc(N3CCOCC3)c2)c1. The molecule has 1 aliphatic rings. The normalized spacial score (nSPS) is 13.7. The molecule has 3 heterocycles. The van der Waals surface area contributed by atoms with Crippen LogP contribution < -0.4 is 15.5 Å². The molecule has 0 aliphatic carbocycles. The van der Waals surface area contributed by atoms with E-state index in [1.54, 1.807) is 6.20 Å². The van der Waals surface area contributed by atoms with Gasteiger partial charge >= 0.3 is 0 Å². The van der Waals surface area contributed by atoms with E-state index in [4.69, 9.17) is 9.72 Å². The molecule has 1 atom stereocenters. The van der Waals surface area contributed by atoms with E-state index in [-0.39, 0.29) is 12.6 Å². The van der Waals surface area contributed by atoms with E-state index in [0.717, 1.165) is 54.8 Å². The van der Waals surface area contributed by atoms with Gasteiger partial charge in [0.1, 0.15) is 17.3 Å². The van der Waals surface area contributed by atoms with Crippen LogP contribution in [-0.4, -0.2) is 72.3 Å². The van der Waals surface area contributed by atoms with Gasteiger partial charge in [0, 0.05) is 31.9 Å². The fourth-order valence-corrected chi connectivity index (χ4v) is 3.73. The molecule has 4 rings (SSSR count). The molecule has 1 aliphatic heterocycles. The van der Waals surface area contributed by atoms with E-state index in [9.17, 15) is 9.90 Å². The van der Waals surface area contributed by atoms with Crippen LogP contribution in [0, 0.1) is 6.92 Å². The second-order valence-electron chi connectivity index (χ2n) is 8.93. The highest BCUT2D eigenvalue weighted by Gasteiger charge is 2.16. The zero-order valence-corrected chi connectivity index (χ0v) is 22.0. The summed E-state index contributed by atoms with van der Waals surface area (Å²) >= 11 is 0. The Bertz CT molecular complexity index is 1210. The third kappa shape index (κ3) is 7.83. The number of aryl methyl sites for hydroxylation is 1. The van der Waals surface area contributed by atoms with E-state index in [1.165, 1.54) is 17.3 Å². The minimum absolute atomic E-state index is 0.0555. The summed E-state index contributed by atoms with van der Waals surface area (Å²) in [6, 6.07) is 10.5. The minimum Gasteiger partial charge on any atom is -0.394 e. The number of aliphatic hydroxyl groups is 1. The Hall–Kier alpha value is -3.82. The fraction of sp³-hybridized carbons (Fsp3) is 0.357. The quantitative estimate of drug-likeness (QED) is 0.391. The van der Waals surface area contributed by atoms with E-state index < -0.39 is 0 Å². The number of rotatable bonds is 8. The standard InChI is InChI=1S/C20H28N4O2.C8H8N2O/c1-14-4-5-17(21-3)12-18(14)16-10-19(22-15(2)13-25)23-20(11-16)24-6-8-26-9-7-24;1-6(2)8-4-9-3-7(5-11)10-8/h4-5,10-12,15,21,25H,6-9,13H2,1-3H3,(H,22,23);3-5H,1H2,2H3. The van der Waals surface area contributed by atoms with Crippen molar-refractivity contribution >= 4 is 29.2 Å². The Labute approximate surface area is 218 Å². The molecule has 9 heteroatoms. The first-order chi connectivity index (χ1) is 17.8. The lowest BCUT2D eigenvalue weighted by Gasteiger charge is -2.29. The van der Waals surface area contributed by atoms with Crippen molar-refractivity contribution in [2.75, 3.05) is 55.5 Å². The third-order valence-electron chi connectivity index (χ3n) is 5.86. The number of hydrogen-bond donors (Lipinski definition) is 3. The van der Waals surface area contributed by atoms with Gasteiger partial charge < -0.3 is 25.4 Å². The third-order valence-corrected chi connectivity index (χ3v) is 5.86. The van der Waals surface area contributed by atoms with Crippen LogP contribution in [-0.2, 0) is 4.74 Å². The van der Waals surface area contributed by atoms with Crippen molar-refractivity contribution in [2.24, 2.45) is 0 Å². The van der Waals surface area contributed by atoms with Gasteiger partial charge in [-0.05, 0) is 67.3 Å². The Morgan fingerprint density at radius 2 is 1.97 bits per heavy atom. The fourth-order valence-electron chi connectivity index (χ4n) is 3.73. The lowest BCUT2D eigenvalue weighted by Crippen LogP contribution is -2.37. The summed E-state index contributed by atoms with van der Waals surface area (Å²) in [5, 5.41) is 15.9. The zero-order valence-electron chi connectivity index (χ0n) is 22.0. The summed E-state index contributed by atoms with van der Waals surface area (Å²) in [6.07, 6.45) is 3.66. The molecule has 0 spiro atoms. The summed E-state index contributed by atoms with van der Waals surface area (Å²) in [4.78, 5) is 25.1. The van der Waals surface area contributed by atoms with Gasteiger partial charge in [-0.15, -0.1) is 0 Å². The predicted molar refractivity (Wildman–Crippen MR) is 149 cm³/mol. The van der Waals surface area contributed by atoms with Crippen LogP contribution in [0.3, 0.4) is 0 Å².